The zero-order valence-electron chi connectivity index (χ0n) is 11.4. The van der Waals surface area contributed by atoms with Gasteiger partial charge in [-0.1, -0.05) is 0 Å². The van der Waals surface area contributed by atoms with Gasteiger partial charge < -0.3 is 5.32 Å². The minimum Gasteiger partial charge on any atom is -0.300 e. The van der Waals surface area contributed by atoms with Crippen LogP contribution >= 0.6 is 22.7 Å². The lowest BCUT2D eigenvalue weighted by atomic mass is 10.2. The van der Waals surface area contributed by atoms with Crippen LogP contribution in [-0.4, -0.2) is 9.97 Å². The third-order valence-corrected chi connectivity index (χ3v) is 4.90. The second kappa shape index (κ2) is 5.47. The van der Waals surface area contributed by atoms with E-state index in [0.29, 0.717) is 0 Å². The largest absolute Gasteiger partial charge is 0.300 e. The van der Waals surface area contributed by atoms with E-state index in [9.17, 15) is 0 Å². The van der Waals surface area contributed by atoms with Crippen LogP contribution in [0.5, 0.6) is 0 Å². The van der Waals surface area contributed by atoms with Gasteiger partial charge in [0.05, 0.1) is 16.7 Å². The number of hydrogen-bond donors (Lipinski definition) is 1. The molecule has 2 unspecified atom stereocenters. The molecule has 0 fully saturated rings. The van der Waals surface area contributed by atoms with Crippen molar-refractivity contribution in [2.24, 2.45) is 0 Å². The average Bonchev–Trinajstić information content (AvgIpc) is 2.84. The maximum Gasteiger partial charge on any atom is 0.110 e. The number of thiazole rings is 2. The van der Waals surface area contributed by atoms with E-state index in [1.54, 1.807) is 22.7 Å². The minimum absolute atomic E-state index is 0.258. The Balaban J connectivity index is 2.07. The molecule has 2 heterocycles. The van der Waals surface area contributed by atoms with Crippen molar-refractivity contribution in [2.75, 3.05) is 0 Å². The standard InChI is InChI=1S/C13H19N3S2/c1-7-6-17-13(14-7)9(3)15-8(2)12-10(4)18-11(5)16-12/h6,8-9,15H,1-5H3. The summed E-state index contributed by atoms with van der Waals surface area (Å²) in [5, 5.41) is 7.94. The van der Waals surface area contributed by atoms with E-state index in [4.69, 9.17) is 0 Å². The Hall–Kier alpha value is -0.780. The zero-order valence-corrected chi connectivity index (χ0v) is 13.1. The van der Waals surface area contributed by atoms with Gasteiger partial charge in [-0.15, -0.1) is 22.7 Å². The van der Waals surface area contributed by atoms with Crippen LogP contribution < -0.4 is 5.32 Å². The monoisotopic (exact) mass is 281 g/mol. The van der Waals surface area contributed by atoms with Gasteiger partial charge in [-0.25, -0.2) is 9.97 Å². The quantitative estimate of drug-likeness (QED) is 0.922. The summed E-state index contributed by atoms with van der Waals surface area (Å²) in [6.45, 7) is 10.5. The fourth-order valence-electron chi connectivity index (χ4n) is 2.04. The highest BCUT2D eigenvalue weighted by molar-refractivity contribution is 7.11. The van der Waals surface area contributed by atoms with Crippen LogP contribution in [0.15, 0.2) is 5.38 Å². The van der Waals surface area contributed by atoms with Crippen LogP contribution in [0.2, 0.25) is 0 Å². The first-order valence-corrected chi connectivity index (χ1v) is 7.79. The highest BCUT2D eigenvalue weighted by atomic mass is 32.1. The van der Waals surface area contributed by atoms with Crippen molar-refractivity contribution >= 4 is 22.7 Å². The Kier molecular flexibility index (Phi) is 4.14. The van der Waals surface area contributed by atoms with E-state index in [2.05, 4.69) is 48.4 Å². The number of aromatic nitrogens is 2. The molecule has 18 heavy (non-hydrogen) atoms. The normalized spacial score (nSPS) is 14.7. The first-order valence-electron chi connectivity index (χ1n) is 6.09. The first kappa shape index (κ1) is 13.6. The zero-order chi connectivity index (χ0) is 13.3. The maximum absolute atomic E-state index is 4.60. The van der Waals surface area contributed by atoms with Gasteiger partial charge in [0.1, 0.15) is 5.01 Å². The van der Waals surface area contributed by atoms with Crippen molar-refractivity contribution in [2.45, 2.75) is 46.7 Å². The van der Waals surface area contributed by atoms with E-state index in [1.165, 1.54) is 4.88 Å². The minimum atomic E-state index is 0.258. The highest BCUT2D eigenvalue weighted by Gasteiger charge is 2.17. The van der Waals surface area contributed by atoms with E-state index in [1.807, 2.05) is 6.92 Å². The first-order chi connectivity index (χ1) is 8.47. The summed E-state index contributed by atoms with van der Waals surface area (Å²) >= 11 is 3.47. The lowest BCUT2D eigenvalue weighted by Crippen LogP contribution is -2.23. The number of nitrogens with zero attached hydrogens (tertiary/aromatic N) is 2. The summed E-state index contributed by atoms with van der Waals surface area (Å²) in [6, 6.07) is 0.522. The van der Waals surface area contributed by atoms with Gasteiger partial charge >= 0.3 is 0 Å². The Morgan fingerprint density at radius 1 is 1.11 bits per heavy atom. The van der Waals surface area contributed by atoms with Crippen LogP contribution in [0.1, 0.15) is 52.2 Å². The number of rotatable bonds is 4. The smallest absolute Gasteiger partial charge is 0.110 e. The maximum atomic E-state index is 4.60. The molecular weight excluding hydrogens is 262 g/mol. The Morgan fingerprint density at radius 3 is 2.33 bits per heavy atom. The molecule has 0 bridgehead atoms. The van der Waals surface area contributed by atoms with Crippen molar-refractivity contribution < 1.29 is 0 Å². The van der Waals surface area contributed by atoms with Gasteiger partial charge in [0.25, 0.3) is 0 Å². The average molecular weight is 281 g/mol. The van der Waals surface area contributed by atoms with Crippen molar-refractivity contribution in [1.82, 2.24) is 15.3 Å². The molecule has 0 aromatic carbocycles. The fraction of sp³-hybridized carbons (Fsp3) is 0.538. The summed E-state index contributed by atoms with van der Waals surface area (Å²) in [4.78, 5) is 10.4. The second-order valence-corrected chi connectivity index (χ2v) is 6.91. The lowest BCUT2D eigenvalue weighted by molar-refractivity contribution is 0.484. The number of aryl methyl sites for hydroxylation is 3. The second-order valence-electron chi connectivity index (χ2n) is 4.61. The summed E-state index contributed by atoms with van der Waals surface area (Å²) < 4.78 is 0. The van der Waals surface area contributed by atoms with Gasteiger partial charge in [-0.05, 0) is 34.6 Å². The van der Waals surface area contributed by atoms with Crippen molar-refractivity contribution in [3.63, 3.8) is 0 Å². The van der Waals surface area contributed by atoms with Gasteiger partial charge in [0.15, 0.2) is 0 Å². The predicted octanol–water partition coefficient (Wildman–Crippen LogP) is 3.94. The van der Waals surface area contributed by atoms with E-state index < -0.39 is 0 Å². The van der Waals surface area contributed by atoms with Crippen LogP contribution in [0.25, 0.3) is 0 Å². The van der Waals surface area contributed by atoms with Crippen LogP contribution in [0.4, 0.5) is 0 Å². The Bertz CT molecular complexity index is 530. The molecule has 2 aromatic rings. The van der Waals surface area contributed by atoms with Crippen molar-refractivity contribution in [3.8, 4) is 0 Å². The van der Waals surface area contributed by atoms with Crippen molar-refractivity contribution in [3.05, 3.63) is 31.7 Å². The fourth-order valence-corrected chi connectivity index (χ4v) is 3.77. The predicted molar refractivity (Wildman–Crippen MR) is 78.4 cm³/mol. The third-order valence-electron chi connectivity index (χ3n) is 2.86. The molecule has 0 aliphatic carbocycles. The SMILES string of the molecule is Cc1csc(C(C)NC(C)c2nc(C)sc2C)n1. The molecule has 0 aliphatic rings. The van der Waals surface area contributed by atoms with Gasteiger partial charge in [-0.2, -0.15) is 0 Å². The highest BCUT2D eigenvalue weighted by Crippen LogP contribution is 2.26. The third kappa shape index (κ3) is 2.96. The molecule has 98 valence electrons. The molecule has 2 rings (SSSR count). The molecule has 0 radical (unpaired) electrons. The summed E-state index contributed by atoms with van der Waals surface area (Å²) in [6.07, 6.45) is 0. The lowest BCUT2D eigenvalue weighted by Gasteiger charge is -2.17. The molecule has 0 amide bonds. The Labute approximate surface area is 116 Å². The molecule has 2 aromatic heterocycles. The molecule has 0 spiro atoms. The summed E-state index contributed by atoms with van der Waals surface area (Å²) in [5.41, 5.74) is 2.26. The molecule has 0 saturated carbocycles. The molecule has 1 N–H and O–H groups in total. The molecule has 3 nitrogen and oxygen atoms in total. The molecular formula is C13H19N3S2. The van der Waals surface area contributed by atoms with E-state index in [0.717, 1.165) is 21.4 Å². The molecule has 0 saturated heterocycles. The number of hydrogen-bond acceptors (Lipinski definition) is 5. The van der Waals surface area contributed by atoms with E-state index in [-0.39, 0.29) is 12.1 Å². The van der Waals surface area contributed by atoms with Gasteiger partial charge in [0.2, 0.25) is 0 Å². The summed E-state index contributed by atoms with van der Waals surface area (Å²) in [5.74, 6) is 0. The number of nitrogens with one attached hydrogen (secondary N) is 1. The van der Waals surface area contributed by atoms with Crippen LogP contribution in [0, 0.1) is 20.8 Å². The molecule has 5 heteroatoms. The van der Waals surface area contributed by atoms with Crippen LogP contribution in [0.3, 0.4) is 0 Å². The molecule has 2 atom stereocenters. The summed E-state index contributed by atoms with van der Waals surface area (Å²) in [7, 11) is 0. The van der Waals surface area contributed by atoms with Crippen LogP contribution in [-0.2, 0) is 0 Å². The van der Waals surface area contributed by atoms with Gasteiger partial charge in [0, 0.05) is 22.0 Å². The van der Waals surface area contributed by atoms with Crippen molar-refractivity contribution in [1.29, 1.82) is 0 Å². The Morgan fingerprint density at radius 2 is 1.83 bits per heavy atom. The van der Waals surface area contributed by atoms with E-state index >= 15 is 0 Å². The molecule has 0 aliphatic heterocycles. The van der Waals surface area contributed by atoms with Gasteiger partial charge in [-0.3, -0.25) is 0 Å². The topological polar surface area (TPSA) is 37.8 Å².